The highest BCUT2D eigenvalue weighted by atomic mass is 19.1. The van der Waals surface area contributed by atoms with Crippen molar-refractivity contribution in [3.8, 4) is 11.6 Å². The standard InChI is InChI=1S/C20H17FN2O/c1-13-4-3-5-15(10-13)12-23-18-8-7-16(21)11-17(18)22-20(23)19-9-6-14(2)24-19/h3-11H,12H2,1-2H3. The molecule has 0 atom stereocenters. The summed E-state index contributed by atoms with van der Waals surface area (Å²) in [5, 5.41) is 0. The van der Waals surface area contributed by atoms with Crippen molar-refractivity contribution in [1.29, 1.82) is 0 Å². The van der Waals surface area contributed by atoms with Crippen LogP contribution in [0.15, 0.2) is 59.0 Å². The molecule has 0 aliphatic carbocycles. The Morgan fingerprint density at radius 1 is 1.04 bits per heavy atom. The van der Waals surface area contributed by atoms with Gasteiger partial charge in [0, 0.05) is 12.6 Å². The van der Waals surface area contributed by atoms with Gasteiger partial charge in [0.1, 0.15) is 11.6 Å². The van der Waals surface area contributed by atoms with Crippen LogP contribution in [0.1, 0.15) is 16.9 Å². The maximum absolute atomic E-state index is 13.6. The Balaban J connectivity index is 1.90. The van der Waals surface area contributed by atoms with Crippen LogP contribution in [0.3, 0.4) is 0 Å². The second-order valence-corrected chi connectivity index (χ2v) is 6.05. The van der Waals surface area contributed by atoms with E-state index in [1.54, 1.807) is 6.07 Å². The first-order valence-corrected chi connectivity index (χ1v) is 7.88. The van der Waals surface area contributed by atoms with Crippen LogP contribution >= 0.6 is 0 Å². The molecule has 0 N–H and O–H groups in total. The zero-order valence-corrected chi connectivity index (χ0v) is 13.6. The monoisotopic (exact) mass is 320 g/mol. The average molecular weight is 320 g/mol. The lowest BCUT2D eigenvalue weighted by molar-refractivity contribution is 0.540. The second-order valence-electron chi connectivity index (χ2n) is 6.05. The van der Waals surface area contributed by atoms with Gasteiger partial charge in [-0.1, -0.05) is 29.8 Å². The number of halogens is 1. The molecule has 0 bridgehead atoms. The Morgan fingerprint density at radius 2 is 1.92 bits per heavy atom. The topological polar surface area (TPSA) is 31.0 Å². The zero-order chi connectivity index (χ0) is 16.7. The van der Waals surface area contributed by atoms with Gasteiger partial charge >= 0.3 is 0 Å². The molecular formula is C20H17FN2O. The minimum Gasteiger partial charge on any atom is -0.458 e. The van der Waals surface area contributed by atoms with Gasteiger partial charge in [0.2, 0.25) is 0 Å². The minimum absolute atomic E-state index is 0.287. The van der Waals surface area contributed by atoms with Crippen LogP contribution in [-0.2, 0) is 6.54 Å². The molecule has 0 aliphatic rings. The number of nitrogens with zero attached hydrogens (tertiary/aromatic N) is 2. The molecule has 0 spiro atoms. The fourth-order valence-electron chi connectivity index (χ4n) is 3.00. The molecule has 0 amide bonds. The van der Waals surface area contributed by atoms with Crippen LogP contribution in [0.2, 0.25) is 0 Å². The lowest BCUT2D eigenvalue weighted by atomic mass is 10.1. The highest BCUT2D eigenvalue weighted by Gasteiger charge is 2.16. The van der Waals surface area contributed by atoms with E-state index in [-0.39, 0.29) is 5.82 Å². The lowest BCUT2D eigenvalue weighted by Crippen LogP contribution is -2.02. The number of imidazole rings is 1. The van der Waals surface area contributed by atoms with E-state index >= 15 is 0 Å². The molecule has 0 aliphatic heterocycles. The Hall–Kier alpha value is -2.88. The maximum atomic E-state index is 13.6. The van der Waals surface area contributed by atoms with Crippen LogP contribution in [-0.4, -0.2) is 9.55 Å². The first-order chi connectivity index (χ1) is 11.6. The van der Waals surface area contributed by atoms with Crippen molar-refractivity contribution in [3.63, 3.8) is 0 Å². The van der Waals surface area contributed by atoms with Crippen LogP contribution in [0.5, 0.6) is 0 Å². The van der Waals surface area contributed by atoms with Crippen LogP contribution in [0, 0.1) is 19.7 Å². The molecule has 0 saturated heterocycles. The Kier molecular flexibility index (Phi) is 3.45. The molecule has 2 heterocycles. The molecule has 0 unspecified atom stereocenters. The molecule has 4 rings (SSSR count). The quantitative estimate of drug-likeness (QED) is 0.526. The number of benzene rings is 2. The van der Waals surface area contributed by atoms with Gasteiger partial charge in [-0.2, -0.15) is 0 Å². The van der Waals surface area contributed by atoms with Crippen LogP contribution in [0.4, 0.5) is 4.39 Å². The van der Waals surface area contributed by atoms with E-state index in [4.69, 9.17) is 4.42 Å². The number of furan rings is 1. The van der Waals surface area contributed by atoms with Gasteiger partial charge in [-0.15, -0.1) is 0 Å². The number of fused-ring (bicyclic) bond motifs is 1. The van der Waals surface area contributed by atoms with E-state index in [2.05, 4.69) is 34.7 Å². The Bertz CT molecular complexity index is 1030. The van der Waals surface area contributed by atoms with E-state index in [0.717, 1.165) is 11.3 Å². The number of aromatic nitrogens is 2. The van der Waals surface area contributed by atoms with E-state index in [9.17, 15) is 4.39 Å². The molecule has 3 nitrogen and oxygen atoms in total. The predicted molar refractivity (Wildman–Crippen MR) is 92.4 cm³/mol. The molecular weight excluding hydrogens is 303 g/mol. The van der Waals surface area contributed by atoms with Gasteiger partial charge in [0.05, 0.1) is 11.0 Å². The molecule has 2 aromatic carbocycles. The van der Waals surface area contributed by atoms with Crippen molar-refractivity contribution in [2.45, 2.75) is 20.4 Å². The maximum Gasteiger partial charge on any atom is 0.177 e. The van der Waals surface area contributed by atoms with Gasteiger partial charge in [0.25, 0.3) is 0 Å². The summed E-state index contributed by atoms with van der Waals surface area (Å²) in [4.78, 5) is 4.60. The predicted octanol–water partition coefficient (Wildman–Crippen LogP) is 5.10. The number of aryl methyl sites for hydroxylation is 2. The van der Waals surface area contributed by atoms with Gasteiger partial charge in [-0.05, 0) is 43.7 Å². The number of rotatable bonds is 3. The SMILES string of the molecule is Cc1cccc(Cn2c(-c3ccc(C)o3)nc3cc(F)ccc32)c1. The highest BCUT2D eigenvalue weighted by molar-refractivity contribution is 5.80. The van der Waals surface area contributed by atoms with Crippen molar-refractivity contribution in [1.82, 2.24) is 9.55 Å². The Morgan fingerprint density at radius 3 is 2.67 bits per heavy atom. The summed E-state index contributed by atoms with van der Waals surface area (Å²) < 4.78 is 21.4. The van der Waals surface area contributed by atoms with E-state index in [1.807, 2.05) is 25.1 Å². The van der Waals surface area contributed by atoms with Gasteiger partial charge in [-0.25, -0.2) is 9.37 Å². The van der Waals surface area contributed by atoms with Crippen molar-refractivity contribution in [2.75, 3.05) is 0 Å². The van der Waals surface area contributed by atoms with Crippen molar-refractivity contribution < 1.29 is 8.81 Å². The van der Waals surface area contributed by atoms with Crippen LogP contribution < -0.4 is 0 Å². The summed E-state index contributed by atoms with van der Waals surface area (Å²) in [5.41, 5.74) is 3.90. The average Bonchev–Trinajstić information content (AvgIpc) is 3.11. The smallest absolute Gasteiger partial charge is 0.177 e. The van der Waals surface area contributed by atoms with Crippen molar-refractivity contribution in [3.05, 3.63) is 77.3 Å². The lowest BCUT2D eigenvalue weighted by Gasteiger charge is -2.09. The summed E-state index contributed by atoms with van der Waals surface area (Å²) in [7, 11) is 0. The summed E-state index contributed by atoms with van der Waals surface area (Å²) in [6.45, 7) is 4.62. The zero-order valence-electron chi connectivity index (χ0n) is 13.6. The highest BCUT2D eigenvalue weighted by Crippen LogP contribution is 2.28. The molecule has 2 aromatic heterocycles. The number of hydrogen-bond donors (Lipinski definition) is 0. The normalized spacial score (nSPS) is 11.3. The summed E-state index contributed by atoms with van der Waals surface area (Å²) in [6.07, 6.45) is 0. The third-order valence-corrected chi connectivity index (χ3v) is 4.09. The molecule has 0 saturated carbocycles. The largest absolute Gasteiger partial charge is 0.458 e. The van der Waals surface area contributed by atoms with Crippen molar-refractivity contribution in [2.24, 2.45) is 0 Å². The first-order valence-electron chi connectivity index (χ1n) is 7.88. The summed E-state index contributed by atoms with van der Waals surface area (Å²) in [6, 6.07) is 16.8. The minimum atomic E-state index is -0.287. The third kappa shape index (κ3) is 2.60. The van der Waals surface area contributed by atoms with Gasteiger partial charge in [0.15, 0.2) is 11.6 Å². The summed E-state index contributed by atoms with van der Waals surface area (Å²) >= 11 is 0. The fraction of sp³-hybridized carbons (Fsp3) is 0.150. The number of hydrogen-bond acceptors (Lipinski definition) is 2. The molecule has 0 radical (unpaired) electrons. The molecule has 120 valence electrons. The Labute approximate surface area is 139 Å². The first kappa shape index (κ1) is 14.7. The summed E-state index contributed by atoms with van der Waals surface area (Å²) in [5.74, 6) is 1.94. The fourth-order valence-corrected chi connectivity index (χ4v) is 3.00. The van der Waals surface area contributed by atoms with Crippen LogP contribution in [0.25, 0.3) is 22.6 Å². The third-order valence-electron chi connectivity index (χ3n) is 4.09. The van der Waals surface area contributed by atoms with E-state index in [1.165, 1.54) is 23.3 Å². The molecule has 4 heteroatoms. The van der Waals surface area contributed by atoms with Gasteiger partial charge in [-0.3, -0.25) is 0 Å². The molecule has 0 fully saturated rings. The second kappa shape index (κ2) is 5.64. The van der Waals surface area contributed by atoms with E-state index in [0.29, 0.717) is 23.6 Å². The van der Waals surface area contributed by atoms with Gasteiger partial charge < -0.3 is 8.98 Å². The molecule has 24 heavy (non-hydrogen) atoms. The van der Waals surface area contributed by atoms with E-state index < -0.39 is 0 Å². The van der Waals surface area contributed by atoms with Crippen molar-refractivity contribution >= 4 is 11.0 Å². The molecule has 4 aromatic rings.